The number of hydrogen-bond acceptors (Lipinski definition) is 5. The van der Waals surface area contributed by atoms with Crippen LogP contribution in [0.5, 0.6) is 0 Å². The maximum Gasteiger partial charge on any atom is 0.291 e. The number of benzene rings is 2. The van der Waals surface area contributed by atoms with Crippen LogP contribution >= 0.6 is 11.3 Å². The van der Waals surface area contributed by atoms with E-state index in [9.17, 15) is 9.59 Å². The number of rotatable bonds is 8. The number of nitrogens with one attached hydrogen (secondary N) is 1. The number of carbonyl (C=O) groups is 2. The van der Waals surface area contributed by atoms with Gasteiger partial charge in [0.25, 0.3) is 11.8 Å². The van der Waals surface area contributed by atoms with Crippen LogP contribution in [0.15, 0.2) is 88.9 Å². The van der Waals surface area contributed by atoms with Crippen LogP contribution < -0.4 is 10.2 Å². The van der Waals surface area contributed by atoms with Gasteiger partial charge in [-0.05, 0) is 52.9 Å². The molecule has 168 valence electrons. The van der Waals surface area contributed by atoms with Crippen molar-refractivity contribution in [2.75, 3.05) is 24.3 Å². The van der Waals surface area contributed by atoms with Crippen LogP contribution in [0.1, 0.15) is 31.4 Å². The zero-order valence-electron chi connectivity index (χ0n) is 18.5. The molecule has 0 bridgehead atoms. The van der Waals surface area contributed by atoms with Gasteiger partial charge in [-0.3, -0.25) is 9.59 Å². The lowest BCUT2D eigenvalue weighted by Gasteiger charge is -2.26. The topological polar surface area (TPSA) is 65.8 Å². The van der Waals surface area contributed by atoms with Gasteiger partial charge < -0.3 is 19.5 Å². The summed E-state index contributed by atoms with van der Waals surface area (Å²) in [6.07, 6.45) is 1.47. The molecule has 2 amide bonds. The van der Waals surface area contributed by atoms with E-state index in [1.54, 1.807) is 12.1 Å². The summed E-state index contributed by atoms with van der Waals surface area (Å²) in [5, 5.41) is 4.78. The lowest BCUT2D eigenvalue weighted by atomic mass is 10.1. The Labute approximate surface area is 197 Å². The predicted octanol–water partition coefficient (Wildman–Crippen LogP) is 5.50. The summed E-state index contributed by atoms with van der Waals surface area (Å²) >= 11 is 1.43. The first-order valence-electron chi connectivity index (χ1n) is 10.5. The van der Waals surface area contributed by atoms with Crippen LogP contribution in [0, 0.1) is 0 Å². The lowest BCUT2D eigenvalue weighted by Crippen LogP contribution is -2.30. The Bertz CT molecular complexity index is 1200. The molecule has 0 atom stereocenters. The van der Waals surface area contributed by atoms with Crippen LogP contribution in [0.3, 0.4) is 0 Å². The molecule has 33 heavy (non-hydrogen) atoms. The highest BCUT2D eigenvalue weighted by Crippen LogP contribution is 2.27. The minimum absolute atomic E-state index is 0.0245. The van der Waals surface area contributed by atoms with Crippen molar-refractivity contribution in [1.29, 1.82) is 0 Å². The summed E-state index contributed by atoms with van der Waals surface area (Å²) in [6, 6.07) is 22.7. The monoisotopic (exact) mass is 459 g/mol. The number of hydrogen-bond donors (Lipinski definition) is 1. The Kier molecular flexibility index (Phi) is 6.90. The van der Waals surface area contributed by atoms with Gasteiger partial charge in [0.2, 0.25) is 0 Å². The third-order valence-corrected chi connectivity index (χ3v) is 6.02. The first-order valence-corrected chi connectivity index (χ1v) is 11.4. The van der Waals surface area contributed by atoms with E-state index >= 15 is 0 Å². The quantitative estimate of drug-likeness (QED) is 0.378. The summed E-state index contributed by atoms with van der Waals surface area (Å²) in [4.78, 5) is 30.3. The average molecular weight is 460 g/mol. The van der Waals surface area contributed by atoms with Gasteiger partial charge >= 0.3 is 0 Å². The minimum atomic E-state index is -0.320. The van der Waals surface area contributed by atoms with Crippen LogP contribution in [-0.2, 0) is 13.1 Å². The standard InChI is InChI=1S/C26H25N3O3S/c1-28(2)22-13-12-21(27-25(30)23-10-6-14-32-23)16-20(22)18-29(17-19-8-4-3-5-9-19)26(31)24-11-7-15-33-24/h3-16H,17-18H2,1-2H3,(H,27,30). The van der Waals surface area contributed by atoms with Gasteiger partial charge in [-0.1, -0.05) is 36.4 Å². The Morgan fingerprint density at radius 3 is 2.42 bits per heavy atom. The highest BCUT2D eigenvalue weighted by Gasteiger charge is 2.20. The van der Waals surface area contributed by atoms with Crippen molar-refractivity contribution in [3.05, 3.63) is 106 Å². The van der Waals surface area contributed by atoms with E-state index in [0.717, 1.165) is 16.8 Å². The van der Waals surface area contributed by atoms with Crippen molar-refractivity contribution in [2.24, 2.45) is 0 Å². The molecule has 0 radical (unpaired) electrons. The Hall–Kier alpha value is -3.84. The van der Waals surface area contributed by atoms with Gasteiger partial charge in [-0.15, -0.1) is 11.3 Å². The number of carbonyl (C=O) groups excluding carboxylic acids is 2. The molecule has 0 saturated heterocycles. The fraction of sp³-hybridized carbons (Fsp3) is 0.154. The molecule has 2 heterocycles. The second kappa shape index (κ2) is 10.2. The highest BCUT2D eigenvalue weighted by atomic mass is 32.1. The SMILES string of the molecule is CN(C)c1ccc(NC(=O)c2ccco2)cc1CN(Cc1ccccc1)C(=O)c1cccs1. The molecule has 4 aromatic rings. The summed E-state index contributed by atoms with van der Waals surface area (Å²) in [7, 11) is 3.92. The summed E-state index contributed by atoms with van der Waals surface area (Å²) in [5.74, 6) is -0.102. The number of nitrogens with zero attached hydrogens (tertiary/aromatic N) is 2. The molecule has 1 N–H and O–H groups in total. The minimum Gasteiger partial charge on any atom is -0.459 e. The average Bonchev–Trinajstić information content (AvgIpc) is 3.53. The van der Waals surface area contributed by atoms with Crippen LogP contribution in [0.2, 0.25) is 0 Å². The van der Waals surface area contributed by atoms with Crippen molar-refractivity contribution >= 4 is 34.5 Å². The van der Waals surface area contributed by atoms with E-state index in [-0.39, 0.29) is 17.6 Å². The Balaban J connectivity index is 1.64. The van der Waals surface area contributed by atoms with Gasteiger partial charge in [0.05, 0.1) is 11.1 Å². The molecule has 0 aliphatic heterocycles. The van der Waals surface area contributed by atoms with Crippen molar-refractivity contribution < 1.29 is 14.0 Å². The zero-order valence-corrected chi connectivity index (χ0v) is 19.3. The molecular formula is C26H25N3O3S. The molecule has 2 aromatic carbocycles. The molecule has 0 spiro atoms. The first-order chi connectivity index (χ1) is 16.0. The second-order valence-corrected chi connectivity index (χ2v) is 8.74. The third kappa shape index (κ3) is 5.51. The Morgan fingerprint density at radius 2 is 1.76 bits per heavy atom. The largest absolute Gasteiger partial charge is 0.459 e. The third-order valence-electron chi connectivity index (χ3n) is 5.16. The fourth-order valence-electron chi connectivity index (χ4n) is 3.59. The lowest BCUT2D eigenvalue weighted by molar-refractivity contribution is 0.0735. The van der Waals surface area contributed by atoms with E-state index in [4.69, 9.17) is 4.42 Å². The van der Waals surface area contributed by atoms with Crippen molar-refractivity contribution in [3.63, 3.8) is 0 Å². The normalized spacial score (nSPS) is 10.6. The zero-order chi connectivity index (χ0) is 23.2. The van der Waals surface area contributed by atoms with Crippen LogP contribution in [0.4, 0.5) is 11.4 Å². The van der Waals surface area contributed by atoms with Gasteiger partial charge in [0.15, 0.2) is 5.76 Å². The smallest absolute Gasteiger partial charge is 0.291 e. The van der Waals surface area contributed by atoms with E-state index < -0.39 is 0 Å². The predicted molar refractivity (Wildman–Crippen MR) is 132 cm³/mol. The molecule has 0 fully saturated rings. The van der Waals surface area contributed by atoms with Crippen molar-refractivity contribution in [3.8, 4) is 0 Å². The maximum absolute atomic E-state index is 13.4. The van der Waals surface area contributed by atoms with Crippen molar-refractivity contribution in [1.82, 2.24) is 4.90 Å². The molecular weight excluding hydrogens is 434 g/mol. The van der Waals surface area contributed by atoms with E-state index in [1.165, 1.54) is 17.6 Å². The summed E-state index contributed by atoms with van der Waals surface area (Å²) in [6.45, 7) is 0.872. The van der Waals surface area contributed by atoms with Crippen LogP contribution in [-0.4, -0.2) is 30.8 Å². The van der Waals surface area contributed by atoms with Gasteiger partial charge in [0.1, 0.15) is 0 Å². The molecule has 6 nitrogen and oxygen atoms in total. The van der Waals surface area contributed by atoms with E-state index in [2.05, 4.69) is 5.32 Å². The molecule has 4 rings (SSSR count). The Morgan fingerprint density at radius 1 is 0.939 bits per heavy atom. The van der Waals surface area contributed by atoms with E-state index in [0.29, 0.717) is 23.7 Å². The number of thiophene rings is 1. The molecule has 7 heteroatoms. The number of furan rings is 1. The highest BCUT2D eigenvalue weighted by molar-refractivity contribution is 7.12. The van der Waals surface area contributed by atoms with E-state index in [1.807, 2.05) is 89.9 Å². The number of amides is 2. The van der Waals surface area contributed by atoms with Gasteiger partial charge in [-0.2, -0.15) is 0 Å². The fourth-order valence-corrected chi connectivity index (χ4v) is 4.28. The summed E-state index contributed by atoms with van der Waals surface area (Å²) < 4.78 is 5.19. The summed E-state index contributed by atoms with van der Waals surface area (Å²) in [5.41, 5.74) is 3.59. The first kappa shape index (κ1) is 22.4. The van der Waals surface area contributed by atoms with Crippen LogP contribution in [0.25, 0.3) is 0 Å². The molecule has 0 aliphatic carbocycles. The molecule has 2 aromatic heterocycles. The molecule has 0 saturated carbocycles. The van der Waals surface area contributed by atoms with Gasteiger partial charge in [-0.25, -0.2) is 0 Å². The second-order valence-electron chi connectivity index (χ2n) is 7.79. The number of anilines is 2. The molecule has 0 unspecified atom stereocenters. The molecule has 0 aliphatic rings. The van der Waals surface area contributed by atoms with Gasteiger partial charge in [0, 0.05) is 38.6 Å². The van der Waals surface area contributed by atoms with Crippen molar-refractivity contribution in [2.45, 2.75) is 13.1 Å². The maximum atomic E-state index is 13.4.